The van der Waals surface area contributed by atoms with E-state index in [9.17, 15) is 4.79 Å². The molecule has 0 amide bonds. The molecule has 1 heterocycles. The van der Waals surface area contributed by atoms with Crippen molar-refractivity contribution >= 4 is 28.9 Å². The number of carbonyl (C=O) groups excluding carboxylic acids is 1. The van der Waals surface area contributed by atoms with Crippen LogP contribution >= 0.6 is 11.6 Å². The number of benzene rings is 1. The highest BCUT2D eigenvalue weighted by molar-refractivity contribution is 6.34. The largest absolute Gasteiger partial charge is 0.465 e. The van der Waals surface area contributed by atoms with Gasteiger partial charge in [-0.2, -0.15) is 0 Å². The van der Waals surface area contributed by atoms with Crippen LogP contribution in [0.5, 0.6) is 0 Å². The molecule has 0 spiro atoms. The number of nitrogens with two attached hydrogens (primary N) is 1. The molecule has 0 radical (unpaired) electrons. The van der Waals surface area contributed by atoms with Crippen molar-refractivity contribution in [1.82, 2.24) is 4.90 Å². The SMILES string of the molecule is COC(=O)c1cc(N)cc(Cl)c1N(C)CC1CCCN1C. The number of nitrogen functional groups attached to an aromatic ring is 1. The van der Waals surface area contributed by atoms with Crippen LogP contribution in [0.3, 0.4) is 0 Å². The molecular formula is C15H22ClN3O2. The highest BCUT2D eigenvalue weighted by Crippen LogP contribution is 2.33. The van der Waals surface area contributed by atoms with Gasteiger partial charge in [-0.05, 0) is 38.6 Å². The molecule has 21 heavy (non-hydrogen) atoms. The first-order valence-electron chi connectivity index (χ1n) is 7.02. The van der Waals surface area contributed by atoms with E-state index in [0.717, 1.165) is 19.5 Å². The molecule has 5 nitrogen and oxygen atoms in total. The second kappa shape index (κ2) is 6.54. The van der Waals surface area contributed by atoms with E-state index < -0.39 is 5.97 Å². The molecule has 1 aromatic carbocycles. The smallest absolute Gasteiger partial charge is 0.340 e. The van der Waals surface area contributed by atoms with Crippen molar-refractivity contribution in [3.05, 3.63) is 22.7 Å². The van der Waals surface area contributed by atoms with Crippen molar-refractivity contribution in [2.24, 2.45) is 0 Å². The Morgan fingerprint density at radius 1 is 1.57 bits per heavy atom. The lowest BCUT2D eigenvalue weighted by atomic mass is 10.1. The lowest BCUT2D eigenvalue weighted by molar-refractivity contribution is 0.0601. The monoisotopic (exact) mass is 311 g/mol. The summed E-state index contributed by atoms with van der Waals surface area (Å²) in [4.78, 5) is 16.3. The Balaban J connectivity index is 2.30. The van der Waals surface area contributed by atoms with E-state index >= 15 is 0 Å². The molecule has 1 aliphatic heterocycles. The van der Waals surface area contributed by atoms with Gasteiger partial charge in [0.15, 0.2) is 0 Å². The molecule has 6 heteroatoms. The standard InChI is InChI=1S/C15H22ClN3O2/c1-18-6-4-5-11(18)9-19(2)14-12(15(20)21-3)7-10(17)8-13(14)16/h7-8,11H,4-6,9,17H2,1-3H3. The Bertz CT molecular complexity index is 536. The van der Waals surface area contributed by atoms with Crippen molar-refractivity contribution in [3.63, 3.8) is 0 Å². The van der Waals surface area contributed by atoms with Gasteiger partial charge in [0.25, 0.3) is 0 Å². The van der Waals surface area contributed by atoms with Crippen LogP contribution in [0.25, 0.3) is 0 Å². The minimum absolute atomic E-state index is 0.408. The Morgan fingerprint density at radius 3 is 2.86 bits per heavy atom. The number of carbonyl (C=O) groups is 1. The summed E-state index contributed by atoms with van der Waals surface area (Å²) in [6, 6.07) is 3.74. The average Bonchev–Trinajstić information content (AvgIpc) is 2.82. The van der Waals surface area contributed by atoms with Gasteiger partial charge in [-0.3, -0.25) is 0 Å². The van der Waals surface area contributed by atoms with Crippen molar-refractivity contribution in [3.8, 4) is 0 Å². The molecule has 0 saturated carbocycles. The van der Waals surface area contributed by atoms with Crippen LogP contribution in [-0.2, 0) is 4.74 Å². The van der Waals surface area contributed by atoms with Crippen LogP contribution in [0.4, 0.5) is 11.4 Å². The first-order chi connectivity index (χ1) is 9.93. The maximum absolute atomic E-state index is 12.0. The number of halogens is 1. The number of nitrogens with zero attached hydrogens (tertiary/aromatic N) is 2. The summed E-state index contributed by atoms with van der Waals surface area (Å²) in [6.45, 7) is 1.92. The molecule has 116 valence electrons. The maximum atomic E-state index is 12.0. The Labute approximate surface area is 130 Å². The number of hydrogen-bond acceptors (Lipinski definition) is 5. The fourth-order valence-corrected chi connectivity index (χ4v) is 3.26. The van der Waals surface area contributed by atoms with E-state index in [1.165, 1.54) is 13.5 Å². The highest BCUT2D eigenvalue weighted by atomic mass is 35.5. The number of likely N-dealkylation sites (tertiary alicyclic amines) is 1. The lowest BCUT2D eigenvalue weighted by Crippen LogP contribution is -2.37. The number of ether oxygens (including phenoxy) is 1. The number of rotatable bonds is 4. The van der Waals surface area contributed by atoms with Crippen molar-refractivity contribution in [2.75, 3.05) is 44.9 Å². The average molecular weight is 312 g/mol. The topological polar surface area (TPSA) is 58.8 Å². The minimum atomic E-state index is -0.425. The summed E-state index contributed by atoms with van der Waals surface area (Å²) >= 11 is 6.31. The van der Waals surface area contributed by atoms with Gasteiger partial charge in [0.2, 0.25) is 0 Å². The summed E-state index contributed by atoms with van der Waals surface area (Å²) in [5.74, 6) is -0.425. The molecule has 1 saturated heterocycles. The predicted molar refractivity (Wildman–Crippen MR) is 86.1 cm³/mol. The van der Waals surface area contributed by atoms with Crippen LogP contribution in [0.1, 0.15) is 23.2 Å². The van der Waals surface area contributed by atoms with Crippen LogP contribution in [0, 0.1) is 0 Å². The van der Waals surface area contributed by atoms with Gasteiger partial charge in [-0.15, -0.1) is 0 Å². The maximum Gasteiger partial charge on any atom is 0.340 e. The Kier molecular flexibility index (Phi) is 4.96. The number of hydrogen-bond donors (Lipinski definition) is 1. The van der Waals surface area contributed by atoms with Gasteiger partial charge in [0, 0.05) is 25.3 Å². The first-order valence-corrected chi connectivity index (χ1v) is 7.40. The van der Waals surface area contributed by atoms with Crippen LogP contribution < -0.4 is 10.6 Å². The quantitative estimate of drug-likeness (QED) is 0.682. The molecule has 1 fully saturated rings. The van der Waals surface area contributed by atoms with E-state index in [4.69, 9.17) is 22.1 Å². The molecule has 0 bridgehead atoms. The van der Waals surface area contributed by atoms with Gasteiger partial charge in [-0.1, -0.05) is 11.6 Å². The summed E-state index contributed by atoms with van der Waals surface area (Å²) in [7, 11) is 5.42. The van der Waals surface area contributed by atoms with Crippen molar-refractivity contribution in [1.29, 1.82) is 0 Å². The summed E-state index contributed by atoms with van der Waals surface area (Å²) in [5, 5.41) is 0.471. The Hall–Kier alpha value is -1.46. The molecule has 1 atom stereocenters. The molecule has 2 N–H and O–H groups in total. The second-order valence-electron chi connectivity index (χ2n) is 5.55. The summed E-state index contributed by atoms with van der Waals surface area (Å²) in [5.41, 5.74) is 7.33. The minimum Gasteiger partial charge on any atom is -0.465 e. The van der Waals surface area contributed by atoms with Gasteiger partial charge in [-0.25, -0.2) is 4.79 Å². The van der Waals surface area contributed by atoms with Gasteiger partial charge in [0.1, 0.15) is 0 Å². The van der Waals surface area contributed by atoms with E-state index in [1.807, 2.05) is 11.9 Å². The molecule has 2 rings (SSSR count). The van der Waals surface area contributed by atoms with Crippen molar-refractivity contribution < 1.29 is 9.53 Å². The normalized spacial score (nSPS) is 18.8. The van der Waals surface area contributed by atoms with Gasteiger partial charge < -0.3 is 20.3 Å². The molecule has 1 aromatic rings. The zero-order valence-corrected chi connectivity index (χ0v) is 13.5. The molecule has 0 aliphatic carbocycles. The third-order valence-corrected chi connectivity index (χ3v) is 4.32. The third-order valence-electron chi connectivity index (χ3n) is 4.03. The molecule has 1 unspecified atom stereocenters. The number of esters is 1. The number of anilines is 2. The fourth-order valence-electron chi connectivity index (χ4n) is 2.89. The van der Waals surface area contributed by atoms with Crippen LogP contribution in [-0.4, -0.2) is 51.2 Å². The van der Waals surface area contributed by atoms with Crippen LogP contribution in [0.2, 0.25) is 5.02 Å². The van der Waals surface area contributed by atoms with E-state index in [0.29, 0.717) is 28.0 Å². The lowest BCUT2D eigenvalue weighted by Gasteiger charge is -2.29. The zero-order valence-electron chi connectivity index (χ0n) is 12.7. The summed E-state index contributed by atoms with van der Waals surface area (Å²) < 4.78 is 4.84. The Morgan fingerprint density at radius 2 is 2.29 bits per heavy atom. The second-order valence-corrected chi connectivity index (χ2v) is 5.95. The predicted octanol–water partition coefficient (Wildman–Crippen LogP) is 2.24. The van der Waals surface area contributed by atoms with E-state index in [2.05, 4.69) is 11.9 Å². The third kappa shape index (κ3) is 3.41. The molecular weight excluding hydrogens is 290 g/mol. The van der Waals surface area contributed by atoms with Crippen LogP contribution in [0.15, 0.2) is 12.1 Å². The highest BCUT2D eigenvalue weighted by Gasteiger charge is 2.25. The van der Waals surface area contributed by atoms with E-state index in [-0.39, 0.29) is 0 Å². The first kappa shape index (κ1) is 15.9. The molecule has 1 aliphatic rings. The van der Waals surface area contributed by atoms with Gasteiger partial charge >= 0.3 is 5.97 Å². The number of likely N-dealkylation sites (N-methyl/N-ethyl adjacent to an activating group) is 2. The zero-order chi connectivity index (χ0) is 15.6. The van der Waals surface area contributed by atoms with Gasteiger partial charge in [0.05, 0.1) is 23.4 Å². The molecule has 0 aromatic heterocycles. The number of methoxy groups -OCH3 is 1. The van der Waals surface area contributed by atoms with Crippen molar-refractivity contribution in [2.45, 2.75) is 18.9 Å². The van der Waals surface area contributed by atoms with E-state index in [1.54, 1.807) is 12.1 Å². The summed E-state index contributed by atoms with van der Waals surface area (Å²) in [6.07, 6.45) is 2.36. The fraction of sp³-hybridized carbons (Fsp3) is 0.533.